The molecule has 3 rings (SSSR count). The minimum absolute atomic E-state index is 0.0824. The minimum Gasteiger partial charge on any atom is -0.369 e. The highest BCUT2D eigenvalue weighted by Crippen LogP contribution is 2.20. The van der Waals surface area contributed by atoms with Crippen molar-refractivity contribution in [1.82, 2.24) is 19.9 Å². The maximum absolute atomic E-state index is 11.2. The zero-order chi connectivity index (χ0) is 12.7. The van der Waals surface area contributed by atoms with E-state index in [4.69, 9.17) is 17.3 Å². The Labute approximate surface area is 108 Å². The molecule has 1 aliphatic heterocycles. The number of anilines is 1. The number of carbonyl (C=O) groups excluding carboxylic acids is 1. The zero-order valence-electron chi connectivity index (χ0n) is 9.56. The van der Waals surface area contributed by atoms with Gasteiger partial charge in [0.25, 0.3) is 0 Å². The maximum atomic E-state index is 11.2. The third-order valence-electron chi connectivity index (χ3n) is 3.07. The summed E-state index contributed by atoms with van der Waals surface area (Å²) in [5.74, 6) is 0.472. The van der Waals surface area contributed by atoms with Gasteiger partial charge in [0.1, 0.15) is 5.52 Å². The Balaban J connectivity index is 1.96. The lowest BCUT2D eigenvalue weighted by Gasteiger charge is -2.12. The molecule has 1 saturated heterocycles. The minimum atomic E-state index is 0.0824. The van der Waals surface area contributed by atoms with Crippen LogP contribution in [0, 0.1) is 0 Å². The van der Waals surface area contributed by atoms with Crippen LogP contribution in [0.5, 0.6) is 0 Å². The van der Waals surface area contributed by atoms with Crippen LogP contribution in [0.3, 0.4) is 0 Å². The standard InChI is InChI=1S/C11H12ClN5O/c12-6-3-8-10(14-4-6)17(11(13)16-8)5-7-1-2-9(18)15-7/h3-4,7H,1-2,5H2,(H2,13,16)(H,15,18). The van der Waals surface area contributed by atoms with E-state index in [1.54, 1.807) is 12.3 Å². The number of nitrogens with zero attached hydrogens (tertiary/aromatic N) is 3. The van der Waals surface area contributed by atoms with E-state index in [0.29, 0.717) is 35.1 Å². The van der Waals surface area contributed by atoms with Crippen LogP contribution < -0.4 is 11.1 Å². The number of carbonyl (C=O) groups is 1. The van der Waals surface area contributed by atoms with E-state index in [2.05, 4.69) is 15.3 Å². The number of aromatic nitrogens is 3. The first-order chi connectivity index (χ1) is 8.63. The third kappa shape index (κ3) is 1.88. The first kappa shape index (κ1) is 11.3. The molecule has 18 heavy (non-hydrogen) atoms. The molecule has 1 unspecified atom stereocenters. The van der Waals surface area contributed by atoms with E-state index in [1.165, 1.54) is 0 Å². The van der Waals surface area contributed by atoms with Crippen LogP contribution in [0.25, 0.3) is 11.2 Å². The van der Waals surface area contributed by atoms with Crippen LogP contribution in [-0.2, 0) is 11.3 Å². The van der Waals surface area contributed by atoms with Crippen LogP contribution in [0.1, 0.15) is 12.8 Å². The number of fused-ring (bicyclic) bond motifs is 1. The second-order valence-corrected chi connectivity index (χ2v) is 4.82. The monoisotopic (exact) mass is 265 g/mol. The third-order valence-corrected chi connectivity index (χ3v) is 3.28. The highest BCUT2D eigenvalue weighted by molar-refractivity contribution is 6.31. The summed E-state index contributed by atoms with van der Waals surface area (Å²) in [6, 6.07) is 1.82. The average molecular weight is 266 g/mol. The van der Waals surface area contributed by atoms with Gasteiger partial charge in [-0.2, -0.15) is 0 Å². The number of pyridine rings is 1. The van der Waals surface area contributed by atoms with Crippen molar-refractivity contribution in [1.29, 1.82) is 0 Å². The summed E-state index contributed by atoms with van der Waals surface area (Å²) in [6.45, 7) is 0.586. The summed E-state index contributed by atoms with van der Waals surface area (Å²) < 4.78 is 1.81. The van der Waals surface area contributed by atoms with E-state index in [-0.39, 0.29) is 11.9 Å². The lowest BCUT2D eigenvalue weighted by Crippen LogP contribution is -2.30. The number of nitrogen functional groups attached to an aromatic ring is 1. The molecule has 2 aromatic heterocycles. The van der Waals surface area contributed by atoms with Crippen molar-refractivity contribution in [3.8, 4) is 0 Å². The van der Waals surface area contributed by atoms with Gasteiger partial charge in [0.15, 0.2) is 5.65 Å². The first-order valence-electron chi connectivity index (χ1n) is 5.70. The quantitative estimate of drug-likeness (QED) is 0.846. The normalized spacial score (nSPS) is 19.4. The van der Waals surface area contributed by atoms with E-state index < -0.39 is 0 Å². The Hall–Kier alpha value is -1.82. The van der Waals surface area contributed by atoms with Crippen LogP contribution in [0.4, 0.5) is 5.95 Å². The van der Waals surface area contributed by atoms with Gasteiger partial charge in [-0.05, 0) is 12.5 Å². The highest BCUT2D eigenvalue weighted by Gasteiger charge is 2.23. The van der Waals surface area contributed by atoms with Crippen molar-refractivity contribution in [3.63, 3.8) is 0 Å². The van der Waals surface area contributed by atoms with Crippen LogP contribution >= 0.6 is 11.6 Å². The van der Waals surface area contributed by atoms with Gasteiger partial charge < -0.3 is 11.1 Å². The van der Waals surface area contributed by atoms with Gasteiger partial charge in [-0.25, -0.2) is 9.97 Å². The van der Waals surface area contributed by atoms with Crippen molar-refractivity contribution in [3.05, 3.63) is 17.3 Å². The number of nitrogens with two attached hydrogens (primary N) is 1. The van der Waals surface area contributed by atoms with Crippen molar-refractivity contribution in [2.45, 2.75) is 25.4 Å². The zero-order valence-corrected chi connectivity index (χ0v) is 10.3. The molecule has 0 aliphatic carbocycles. The average Bonchev–Trinajstić information content (AvgIpc) is 2.84. The number of halogens is 1. The molecule has 0 bridgehead atoms. The van der Waals surface area contributed by atoms with E-state index in [0.717, 1.165) is 6.42 Å². The van der Waals surface area contributed by atoms with Gasteiger partial charge in [-0.3, -0.25) is 9.36 Å². The van der Waals surface area contributed by atoms with Gasteiger partial charge in [-0.15, -0.1) is 0 Å². The summed E-state index contributed by atoms with van der Waals surface area (Å²) in [4.78, 5) is 19.6. The van der Waals surface area contributed by atoms with Gasteiger partial charge in [-0.1, -0.05) is 11.6 Å². The smallest absolute Gasteiger partial charge is 0.220 e. The molecule has 0 radical (unpaired) electrons. The number of nitrogens with one attached hydrogen (secondary N) is 1. The van der Waals surface area contributed by atoms with Gasteiger partial charge in [0.05, 0.1) is 5.02 Å². The SMILES string of the molecule is Nc1nc2cc(Cl)cnc2n1CC1CCC(=O)N1. The largest absolute Gasteiger partial charge is 0.369 e. The maximum Gasteiger partial charge on any atom is 0.220 e. The Morgan fingerprint density at radius 3 is 3.17 bits per heavy atom. The molecule has 6 nitrogen and oxygen atoms in total. The van der Waals surface area contributed by atoms with Crippen LogP contribution in [-0.4, -0.2) is 26.5 Å². The number of amides is 1. The molecular formula is C11H12ClN5O. The Morgan fingerprint density at radius 2 is 2.44 bits per heavy atom. The topological polar surface area (TPSA) is 85.8 Å². The summed E-state index contributed by atoms with van der Waals surface area (Å²) in [7, 11) is 0. The predicted octanol–water partition coefficient (Wildman–Crippen LogP) is 0.945. The Bertz CT molecular complexity index is 623. The summed E-state index contributed by atoms with van der Waals surface area (Å²) >= 11 is 5.86. The van der Waals surface area contributed by atoms with Gasteiger partial charge in [0.2, 0.25) is 11.9 Å². The molecule has 3 N–H and O–H groups in total. The Morgan fingerprint density at radius 1 is 1.61 bits per heavy atom. The second-order valence-electron chi connectivity index (χ2n) is 4.38. The molecule has 1 fully saturated rings. The second kappa shape index (κ2) is 4.13. The van der Waals surface area contributed by atoms with Crippen molar-refractivity contribution in [2.24, 2.45) is 0 Å². The van der Waals surface area contributed by atoms with Gasteiger partial charge >= 0.3 is 0 Å². The molecule has 7 heteroatoms. The van der Waals surface area contributed by atoms with Crippen molar-refractivity contribution >= 4 is 34.6 Å². The molecule has 0 aromatic carbocycles. The molecule has 0 spiro atoms. The molecule has 1 amide bonds. The molecule has 3 heterocycles. The molecule has 1 atom stereocenters. The fraction of sp³-hybridized carbons (Fsp3) is 0.364. The molecule has 1 aliphatic rings. The van der Waals surface area contributed by atoms with E-state index in [1.807, 2.05) is 4.57 Å². The van der Waals surface area contributed by atoms with Crippen molar-refractivity contribution < 1.29 is 4.79 Å². The van der Waals surface area contributed by atoms with E-state index >= 15 is 0 Å². The van der Waals surface area contributed by atoms with E-state index in [9.17, 15) is 4.79 Å². The van der Waals surface area contributed by atoms with Crippen molar-refractivity contribution in [2.75, 3.05) is 5.73 Å². The first-order valence-corrected chi connectivity index (χ1v) is 6.08. The number of rotatable bonds is 2. The molecule has 2 aromatic rings. The fourth-order valence-corrected chi connectivity index (χ4v) is 2.37. The van der Waals surface area contributed by atoms with Gasteiger partial charge in [0, 0.05) is 25.2 Å². The fourth-order valence-electron chi connectivity index (χ4n) is 2.22. The number of hydrogen-bond acceptors (Lipinski definition) is 4. The van der Waals surface area contributed by atoms with Crippen LogP contribution in [0.15, 0.2) is 12.3 Å². The lowest BCUT2D eigenvalue weighted by molar-refractivity contribution is -0.119. The summed E-state index contributed by atoms with van der Waals surface area (Å²) in [6.07, 6.45) is 2.94. The highest BCUT2D eigenvalue weighted by atomic mass is 35.5. The molecule has 0 saturated carbocycles. The lowest BCUT2D eigenvalue weighted by atomic mass is 10.2. The summed E-state index contributed by atoms with van der Waals surface area (Å²) in [5, 5.41) is 3.43. The summed E-state index contributed by atoms with van der Waals surface area (Å²) in [5.41, 5.74) is 7.24. The number of hydrogen-bond donors (Lipinski definition) is 2. The predicted molar refractivity (Wildman–Crippen MR) is 68.1 cm³/mol. The Kier molecular flexibility index (Phi) is 2.59. The molecule has 94 valence electrons. The van der Waals surface area contributed by atoms with Crippen LogP contribution in [0.2, 0.25) is 5.02 Å². The number of imidazole rings is 1. The molecular weight excluding hydrogens is 254 g/mol.